The molecule has 7 heteroatoms. The Labute approximate surface area is 119 Å². The quantitative estimate of drug-likeness (QED) is 0.799. The maximum Gasteiger partial charge on any atom is 0.376 e. The van der Waals surface area contributed by atoms with Crippen molar-refractivity contribution in [1.82, 2.24) is 4.98 Å². The van der Waals surface area contributed by atoms with Gasteiger partial charge >= 0.3 is 5.97 Å². The van der Waals surface area contributed by atoms with Gasteiger partial charge in [0, 0.05) is 5.56 Å². The lowest BCUT2D eigenvalue weighted by molar-refractivity contribution is 0.0476. The first-order valence-corrected chi connectivity index (χ1v) is 6.39. The Bertz CT molecular complexity index is 673. The molecule has 0 unspecified atom stereocenters. The lowest BCUT2D eigenvalue weighted by Crippen LogP contribution is -2.06. The monoisotopic (exact) mass is 299 g/mol. The van der Waals surface area contributed by atoms with Crippen LogP contribution >= 0.6 is 0 Å². The average molecular weight is 299 g/mol. The largest absolute Gasteiger partial charge is 0.466 e. The number of oxazole rings is 1. The molecule has 0 saturated heterocycles. The predicted octanol–water partition coefficient (Wildman–Crippen LogP) is 3.97. The Balaban J connectivity index is 2.56. The predicted molar refractivity (Wildman–Crippen MR) is 69.3 cm³/mol. The van der Waals surface area contributed by atoms with Gasteiger partial charge in [0.25, 0.3) is 6.43 Å². The maximum absolute atomic E-state index is 13.0. The standard InChI is InChI=1S/C14H15F2NO4/c1-5-19-14(18)11-10(12(15)16)17-13(21-11)9-6(2)7(3)20-8(9)4/h12H,5H2,1-4H3. The summed E-state index contributed by atoms with van der Waals surface area (Å²) in [6.07, 6.45) is -2.93. The van der Waals surface area contributed by atoms with E-state index in [0.717, 1.165) is 5.56 Å². The van der Waals surface area contributed by atoms with Crippen LogP contribution in [-0.4, -0.2) is 17.6 Å². The van der Waals surface area contributed by atoms with Crippen LogP contribution in [0.2, 0.25) is 0 Å². The first kappa shape index (κ1) is 15.2. The molecule has 0 spiro atoms. The Morgan fingerprint density at radius 3 is 2.38 bits per heavy atom. The van der Waals surface area contributed by atoms with E-state index < -0.39 is 23.8 Å². The maximum atomic E-state index is 13.0. The van der Waals surface area contributed by atoms with E-state index in [-0.39, 0.29) is 12.5 Å². The van der Waals surface area contributed by atoms with Gasteiger partial charge in [-0.2, -0.15) is 0 Å². The molecule has 0 aliphatic heterocycles. The Kier molecular flexibility index (Phi) is 4.11. The molecule has 21 heavy (non-hydrogen) atoms. The lowest BCUT2D eigenvalue weighted by atomic mass is 10.1. The fourth-order valence-electron chi connectivity index (χ4n) is 2.04. The molecule has 0 fully saturated rings. The Morgan fingerprint density at radius 1 is 1.24 bits per heavy atom. The summed E-state index contributed by atoms with van der Waals surface area (Å²) in [5, 5.41) is 0. The number of halogens is 2. The van der Waals surface area contributed by atoms with Crippen LogP contribution in [0.15, 0.2) is 8.83 Å². The molecule has 0 aliphatic carbocycles. The van der Waals surface area contributed by atoms with Gasteiger partial charge in [-0.05, 0) is 27.7 Å². The molecule has 0 N–H and O–H groups in total. The van der Waals surface area contributed by atoms with Crippen LogP contribution in [0.1, 0.15) is 46.7 Å². The minimum atomic E-state index is -2.93. The molecule has 0 amide bonds. The highest BCUT2D eigenvalue weighted by Gasteiger charge is 2.30. The Morgan fingerprint density at radius 2 is 1.90 bits per heavy atom. The number of aryl methyl sites for hydroxylation is 2. The van der Waals surface area contributed by atoms with Gasteiger partial charge < -0.3 is 13.6 Å². The topological polar surface area (TPSA) is 65.5 Å². The molecule has 0 radical (unpaired) electrons. The molecule has 0 aliphatic rings. The first-order chi connectivity index (χ1) is 9.86. The van der Waals surface area contributed by atoms with Crippen molar-refractivity contribution in [3.8, 4) is 11.5 Å². The molecule has 0 atom stereocenters. The number of nitrogens with zero attached hydrogens (tertiary/aromatic N) is 1. The summed E-state index contributed by atoms with van der Waals surface area (Å²) < 4.78 is 41.4. The summed E-state index contributed by atoms with van der Waals surface area (Å²) in [6, 6.07) is 0. The summed E-state index contributed by atoms with van der Waals surface area (Å²) in [4.78, 5) is 15.4. The zero-order valence-corrected chi connectivity index (χ0v) is 12.1. The molecular weight excluding hydrogens is 284 g/mol. The van der Waals surface area contributed by atoms with Crippen molar-refractivity contribution in [1.29, 1.82) is 0 Å². The molecule has 114 valence electrons. The minimum Gasteiger partial charge on any atom is -0.466 e. The highest BCUT2D eigenvalue weighted by Crippen LogP contribution is 2.34. The van der Waals surface area contributed by atoms with Gasteiger partial charge in [0.15, 0.2) is 5.69 Å². The van der Waals surface area contributed by atoms with E-state index in [4.69, 9.17) is 13.6 Å². The molecule has 0 saturated carbocycles. The second kappa shape index (κ2) is 5.67. The normalized spacial score (nSPS) is 11.2. The van der Waals surface area contributed by atoms with E-state index >= 15 is 0 Å². The highest BCUT2D eigenvalue weighted by atomic mass is 19.3. The SMILES string of the molecule is CCOC(=O)c1oc(-c2c(C)oc(C)c2C)nc1C(F)F. The Hall–Kier alpha value is -2.18. The molecule has 2 aromatic rings. The van der Waals surface area contributed by atoms with Crippen molar-refractivity contribution < 1.29 is 27.1 Å². The average Bonchev–Trinajstić information content (AvgIpc) is 2.93. The minimum absolute atomic E-state index is 0.0560. The van der Waals surface area contributed by atoms with Crippen LogP contribution in [0.25, 0.3) is 11.5 Å². The van der Waals surface area contributed by atoms with E-state index in [1.165, 1.54) is 0 Å². The van der Waals surface area contributed by atoms with Crippen LogP contribution in [0, 0.1) is 20.8 Å². The number of aromatic nitrogens is 1. The zero-order valence-electron chi connectivity index (χ0n) is 12.1. The molecule has 0 bridgehead atoms. The number of hydrogen-bond donors (Lipinski definition) is 0. The van der Waals surface area contributed by atoms with Crippen LogP contribution in [0.4, 0.5) is 8.78 Å². The van der Waals surface area contributed by atoms with Crippen LogP contribution < -0.4 is 0 Å². The number of carbonyl (C=O) groups is 1. The molecule has 2 aromatic heterocycles. The third kappa shape index (κ3) is 2.68. The molecular formula is C14H15F2NO4. The number of hydrogen-bond acceptors (Lipinski definition) is 5. The van der Waals surface area contributed by atoms with Gasteiger partial charge in [0.2, 0.25) is 11.7 Å². The van der Waals surface area contributed by atoms with E-state index in [1.54, 1.807) is 27.7 Å². The van der Waals surface area contributed by atoms with Crippen molar-refractivity contribution in [2.75, 3.05) is 6.61 Å². The number of ether oxygens (including phenoxy) is 1. The second-order valence-corrected chi connectivity index (χ2v) is 4.47. The van der Waals surface area contributed by atoms with Gasteiger partial charge in [-0.25, -0.2) is 18.6 Å². The summed E-state index contributed by atoms with van der Waals surface area (Å²) in [7, 11) is 0. The van der Waals surface area contributed by atoms with Gasteiger partial charge in [0.05, 0.1) is 12.2 Å². The van der Waals surface area contributed by atoms with Gasteiger partial charge in [-0.15, -0.1) is 0 Å². The smallest absolute Gasteiger partial charge is 0.376 e. The van der Waals surface area contributed by atoms with Crippen LogP contribution in [-0.2, 0) is 4.74 Å². The number of carbonyl (C=O) groups excluding carboxylic acids is 1. The van der Waals surface area contributed by atoms with E-state index in [9.17, 15) is 13.6 Å². The summed E-state index contributed by atoms with van der Waals surface area (Å²) >= 11 is 0. The summed E-state index contributed by atoms with van der Waals surface area (Å²) in [6.45, 7) is 6.81. The number of alkyl halides is 2. The third-order valence-corrected chi connectivity index (χ3v) is 3.10. The second-order valence-electron chi connectivity index (χ2n) is 4.47. The summed E-state index contributed by atoms with van der Waals surface area (Å²) in [5.41, 5.74) is 0.482. The summed E-state index contributed by atoms with van der Waals surface area (Å²) in [5.74, 6) is -0.471. The van der Waals surface area contributed by atoms with E-state index in [0.29, 0.717) is 17.1 Å². The highest BCUT2D eigenvalue weighted by molar-refractivity contribution is 5.88. The van der Waals surface area contributed by atoms with Crippen molar-refractivity contribution in [2.45, 2.75) is 34.1 Å². The molecule has 5 nitrogen and oxygen atoms in total. The number of esters is 1. The van der Waals surface area contributed by atoms with Crippen molar-refractivity contribution in [2.24, 2.45) is 0 Å². The molecule has 0 aromatic carbocycles. The number of rotatable bonds is 4. The van der Waals surface area contributed by atoms with Crippen LogP contribution in [0.5, 0.6) is 0 Å². The first-order valence-electron chi connectivity index (χ1n) is 6.39. The number of furan rings is 1. The van der Waals surface area contributed by atoms with Crippen LogP contribution in [0.3, 0.4) is 0 Å². The fourth-order valence-corrected chi connectivity index (χ4v) is 2.04. The molecule has 2 heterocycles. The van der Waals surface area contributed by atoms with E-state index in [1.807, 2.05) is 0 Å². The van der Waals surface area contributed by atoms with Crippen molar-refractivity contribution in [3.05, 3.63) is 28.5 Å². The van der Waals surface area contributed by atoms with Gasteiger partial charge in [-0.1, -0.05) is 0 Å². The lowest BCUT2D eigenvalue weighted by Gasteiger charge is -1.99. The zero-order chi connectivity index (χ0) is 15.7. The van der Waals surface area contributed by atoms with Crippen molar-refractivity contribution >= 4 is 5.97 Å². The third-order valence-electron chi connectivity index (χ3n) is 3.10. The van der Waals surface area contributed by atoms with E-state index in [2.05, 4.69) is 4.98 Å². The van der Waals surface area contributed by atoms with Gasteiger partial charge in [-0.3, -0.25) is 0 Å². The molecule has 2 rings (SSSR count). The fraction of sp³-hybridized carbons (Fsp3) is 0.429. The van der Waals surface area contributed by atoms with Crippen molar-refractivity contribution in [3.63, 3.8) is 0 Å². The van der Waals surface area contributed by atoms with Gasteiger partial charge in [0.1, 0.15) is 11.5 Å².